The Kier molecular flexibility index (Phi) is 4.49. The van der Waals surface area contributed by atoms with Crippen molar-refractivity contribution in [2.75, 3.05) is 0 Å². The largest absolute Gasteiger partial charge is 0.0891 e. The fraction of sp³-hybridized carbons (Fsp3) is 0.900. The van der Waals surface area contributed by atoms with Gasteiger partial charge in [0.25, 0.3) is 0 Å². The van der Waals surface area contributed by atoms with Gasteiger partial charge in [0.1, 0.15) is 0 Å². The molecular weight excluding hydrogens is 320 g/mol. The Morgan fingerprint density at radius 3 is 2.33 bits per heavy atom. The van der Waals surface area contributed by atoms with Gasteiger partial charge in [-0.3, -0.25) is 0 Å². The molecular formula is C20H31Br. The Morgan fingerprint density at radius 2 is 1.52 bits per heavy atom. The maximum atomic E-state index is 3.94. The highest BCUT2D eigenvalue weighted by Gasteiger charge is 2.47. The summed E-state index contributed by atoms with van der Waals surface area (Å²) < 4.78 is 0. The average molecular weight is 351 g/mol. The summed E-state index contributed by atoms with van der Waals surface area (Å²) in [5, 5.41) is 0. The van der Waals surface area contributed by atoms with Gasteiger partial charge < -0.3 is 0 Å². The molecule has 0 spiro atoms. The van der Waals surface area contributed by atoms with Crippen molar-refractivity contribution < 1.29 is 0 Å². The molecule has 4 aliphatic carbocycles. The topological polar surface area (TPSA) is 0 Å². The normalized spacial score (nSPS) is 50.2. The number of allylic oxidation sites excluding steroid dienone is 2. The minimum atomic E-state index is 0.818. The van der Waals surface area contributed by atoms with Crippen molar-refractivity contribution in [2.24, 2.45) is 35.5 Å². The smallest absolute Gasteiger partial charge is 0.0148 e. The van der Waals surface area contributed by atoms with E-state index in [0.29, 0.717) is 0 Å². The van der Waals surface area contributed by atoms with Crippen molar-refractivity contribution in [3.05, 3.63) is 12.2 Å². The SMILES string of the molecule is BrC1CCCC(C2CC3C=CCCC3C3CCCCC23)C1. The summed E-state index contributed by atoms with van der Waals surface area (Å²) in [4.78, 5) is 0.818. The molecule has 4 rings (SSSR count). The van der Waals surface area contributed by atoms with Gasteiger partial charge in [0.05, 0.1) is 0 Å². The fourth-order valence-corrected chi connectivity index (χ4v) is 7.34. The highest BCUT2D eigenvalue weighted by molar-refractivity contribution is 9.09. The fourth-order valence-electron chi connectivity index (χ4n) is 6.54. The van der Waals surface area contributed by atoms with E-state index in [-0.39, 0.29) is 0 Å². The summed E-state index contributed by atoms with van der Waals surface area (Å²) in [6.45, 7) is 0. The van der Waals surface area contributed by atoms with E-state index in [1.807, 2.05) is 0 Å². The van der Waals surface area contributed by atoms with Crippen LogP contribution in [0.25, 0.3) is 0 Å². The van der Waals surface area contributed by atoms with Crippen LogP contribution >= 0.6 is 15.9 Å². The zero-order valence-electron chi connectivity index (χ0n) is 13.4. The van der Waals surface area contributed by atoms with Crippen LogP contribution in [0.3, 0.4) is 0 Å². The van der Waals surface area contributed by atoms with E-state index in [2.05, 4.69) is 28.1 Å². The third-order valence-corrected chi connectivity index (χ3v) is 8.21. The molecule has 3 fully saturated rings. The first-order valence-electron chi connectivity index (χ1n) is 9.63. The number of hydrogen-bond donors (Lipinski definition) is 0. The first-order chi connectivity index (χ1) is 10.3. The molecule has 0 bridgehead atoms. The van der Waals surface area contributed by atoms with Crippen molar-refractivity contribution in [1.29, 1.82) is 0 Å². The molecule has 0 aromatic heterocycles. The highest BCUT2D eigenvalue weighted by Crippen LogP contribution is 2.55. The van der Waals surface area contributed by atoms with E-state index >= 15 is 0 Å². The molecule has 118 valence electrons. The second-order valence-corrected chi connectivity index (χ2v) is 9.66. The van der Waals surface area contributed by atoms with Crippen molar-refractivity contribution in [1.82, 2.24) is 0 Å². The van der Waals surface area contributed by atoms with Crippen molar-refractivity contribution in [3.63, 3.8) is 0 Å². The number of fused-ring (bicyclic) bond motifs is 3. The molecule has 0 nitrogen and oxygen atoms in total. The third kappa shape index (κ3) is 2.89. The van der Waals surface area contributed by atoms with Crippen molar-refractivity contribution >= 4 is 15.9 Å². The van der Waals surface area contributed by atoms with E-state index in [1.54, 1.807) is 12.8 Å². The van der Waals surface area contributed by atoms with Gasteiger partial charge >= 0.3 is 0 Å². The molecule has 0 heterocycles. The number of hydrogen-bond acceptors (Lipinski definition) is 0. The van der Waals surface area contributed by atoms with Crippen molar-refractivity contribution in [3.8, 4) is 0 Å². The summed E-state index contributed by atoms with van der Waals surface area (Å²) in [7, 11) is 0. The summed E-state index contributed by atoms with van der Waals surface area (Å²) >= 11 is 3.94. The van der Waals surface area contributed by atoms with E-state index in [0.717, 1.165) is 40.3 Å². The molecule has 0 aliphatic heterocycles. The van der Waals surface area contributed by atoms with E-state index in [1.165, 1.54) is 57.8 Å². The van der Waals surface area contributed by atoms with Gasteiger partial charge in [0, 0.05) is 4.83 Å². The number of rotatable bonds is 1. The molecule has 0 saturated heterocycles. The summed E-state index contributed by atoms with van der Waals surface area (Å²) in [5.41, 5.74) is 0. The van der Waals surface area contributed by atoms with Gasteiger partial charge in [0.2, 0.25) is 0 Å². The van der Waals surface area contributed by atoms with Crippen LogP contribution in [0.2, 0.25) is 0 Å². The lowest BCUT2D eigenvalue weighted by Gasteiger charge is -2.53. The zero-order chi connectivity index (χ0) is 14.2. The predicted molar refractivity (Wildman–Crippen MR) is 93.6 cm³/mol. The van der Waals surface area contributed by atoms with Gasteiger partial charge in [-0.15, -0.1) is 0 Å². The van der Waals surface area contributed by atoms with Crippen LogP contribution in [0.4, 0.5) is 0 Å². The standard InChI is InChI=1S/C20H31Br/c21-16-8-5-7-14(12-16)20-13-15-6-1-2-9-17(15)18-10-3-4-11-19(18)20/h1,6,14-20H,2-5,7-13H2. The minimum absolute atomic E-state index is 0.818. The lowest BCUT2D eigenvalue weighted by Crippen LogP contribution is -2.45. The van der Waals surface area contributed by atoms with Gasteiger partial charge in [-0.2, -0.15) is 0 Å². The van der Waals surface area contributed by atoms with Gasteiger partial charge in [-0.25, -0.2) is 0 Å². The van der Waals surface area contributed by atoms with Gasteiger partial charge in [-0.05, 0) is 80.5 Å². The van der Waals surface area contributed by atoms with Crippen LogP contribution in [-0.2, 0) is 0 Å². The van der Waals surface area contributed by atoms with Crippen LogP contribution in [0.5, 0.6) is 0 Å². The maximum absolute atomic E-state index is 3.94. The second-order valence-electron chi connectivity index (χ2n) is 8.37. The molecule has 7 unspecified atom stereocenters. The van der Waals surface area contributed by atoms with Crippen LogP contribution in [-0.4, -0.2) is 4.83 Å². The quantitative estimate of drug-likeness (QED) is 0.381. The van der Waals surface area contributed by atoms with Crippen LogP contribution in [0.1, 0.15) is 70.6 Å². The molecule has 0 radical (unpaired) electrons. The molecule has 0 aromatic carbocycles. The lowest BCUT2D eigenvalue weighted by atomic mass is 9.52. The Hall–Kier alpha value is 0.220. The zero-order valence-corrected chi connectivity index (χ0v) is 14.9. The molecule has 3 saturated carbocycles. The average Bonchev–Trinajstić information content (AvgIpc) is 2.54. The van der Waals surface area contributed by atoms with E-state index < -0.39 is 0 Å². The lowest BCUT2D eigenvalue weighted by molar-refractivity contribution is -0.0165. The first-order valence-corrected chi connectivity index (χ1v) is 10.5. The maximum Gasteiger partial charge on any atom is 0.0148 e. The van der Waals surface area contributed by atoms with Crippen LogP contribution in [0.15, 0.2) is 12.2 Å². The molecule has 1 heteroatoms. The Morgan fingerprint density at radius 1 is 0.714 bits per heavy atom. The molecule has 0 amide bonds. The molecule has 21 heavy (non-hydrogen) atoms. The highest BCUT2D eigenvalue weighted by atomic mass is 79.9. The summed E-state index contributed by atoms with van der Waals surface area (Å²) in [6, 6.07) is 0. The van der Waals surface area contributed by atoms with Crippen LogP contribution < -0.4 is 0 Å². The van der Waals surface area contributed by atoms with Gasteiger partial charge in [-0.1, -0.05) is 53.8 Å². The van der Waals surface area contributed by atoms with E-state index in [4.69, 9.17) is 0 Å². The minimum Gasteiger partial charge on any atom is -0.0891 e. The predicted octanol–water partition coefficient (Wildman–Crippen LogP) is 6.35. The summed E-state index contributed by atoms with van der Waals surface area (Å²) in [5.74, 6) is 6.26. The number of alkyl halides is 1. The second kappa shape index (κ2) is 6.38. The Bertz CT molecular complexity index is 387. The molecule has 0 N–H and O–H groups in total. The van der Waals surface area contributed by atoms with Crippen LogP contribution in [0, 0.1) is 35.5 Å². The third-order valence-electron chi connectivity index (χ3n) is 7.38. The molecule has 4 aliphatic rings. The van der Waals surface area contributed by atoms with E-state index in [9.17, 15) is 0 Å². The Labute approximate surface area is 139 Å². The van der Waals surface area contributed by atoms with Gasteiger partial charge in [0.15, 0.2) is 0 Å². The van der Waals surface area contributed by atoms with Crippen molar-refractivity contribution in [2.45, 2.75) is 75.5 Å². The number of halogens is 1. The monoisotopic (exact) mass is 350 g/mol. The first kappa shape index (κ1) is 14.8. The molecule has 0 aromatic rings. The summed E-state index contributed by atoms with van der Waals surface area (Å²) in [6.07, 6.45) is 21.6. The molecule has 7 atom stereocenters. The Balaban J connectivity index is 1.57.